The molecule has 1 aromatic heterocycles. The van der Waals surface area contributed by atoms with Gasteiger partial charge in [0.25, 0.3) is 0 Å². The molecule has 62 heavy (non-hydrogen) atoms. The molecule has 2 aliphatic rings. The van der Waals surface area contributed by atoms with Gasteiger partial charge in [0.05, 0.1) is 21.5 Å². The number of para-hydroxylation sites is 2. The largest absolute Gasteiger partial charge is 0.310 e. The normalized spacial score (nSPS) is 14.5. The highest BCUT2D eigenvalue weighted by atomic mass is 32.1. The van der Waals surface area contributed by atoms with Crippen molar-refractivity contribution in [1.82, 2.24) is 0 Å². The van der Waals surface area contributed by atoms with Gasteiger partial charge in [0.1, 0.15) is 0 Å². The van der Waals surface area contributed by atoms with E-state index < -0.39 is 5.41 Å². The van der Waals surface area contributed by atoms with E-state index in [1.54, 1.807) is 0 Å². The predicted molar refractivity (Wildman–Crippen MR) is 263 cm³/mol. The topological polar surface area (TPSA) is 6.48 Å². The van der Waals surface area contributed by atoms with Crippen molar-refractivity contribution in [2.75, 3.05) is 9.80 Å². The van der Waals surface area contributed by atoms with Crippen molar-refractivity contribution in [3.63, 3.8) is 0 Å². The first-order valence-corrected chi connectivity index (χ1v) is 22.2. The number of thiophene rings is 1. The highest BCUT2D eigenvalue weighted by Gasteiger charge is 2.52. The van der Waals surface area contributed by atoms with E-state index in [1.807, 2.05) is 11.3 Å². The Morgan fingerprint density at radius 2 is 0.871 bits per heavy atom. The minimum Gasteiger partial charge on any atom is -0.310 e. The Morgan fingerprint density at radius 1 is 0.323 bits per heavy atom. The second-order valence-electron chi connectivity index (χ2n) is 16.4. The molecule has 1 unspecified atom stereocenters. The van der Waals surface area contributed by atoms with Crippen molar-refractivity contribution in [3.05, 3.63) is 253 Å². The molecule has 0 saturated carbocycles. The molecule has 0 bridgehead atoms. The van der Waals surface area contributed by atoms with Crippen LogP contribution >= 0.6 is 11.3 Å². The number of benzene rings is 10. The van der Waals surface area contributed by atoms with Gasteiger partial charge in [0.2, 0.25) is 0 Å². The Labute approximate surface area is 364 Å². The molecule has 1 heterocycles. The van der Waals surface area contributed by atoms with Crippen molar-refractivity contribution >= 4 is 76.4 Å². The standard InChI is InChI=1S/C59H38N2S/c1-3-19-41(20-4-1)60(43-34-33-39-17-7-8-18-40(39)37-43)54-30-16-29-52-57(54)49-25-10-13-28-51(49)59(52)50-27-12-9-23-45(50)46-36-35-44(38-53(46)59)61(42-21-5-2-6-22-42)55-31-15-26-48-47-24-11-14-32-56(47)62-58(48)55/h1-38H. The zero-order valence-electron chi connectivity index (χ0n) is 33.7. The summed E-state index contributed by atoms with van der Waals surface area (Å²) in [6.45, 7) is 0. The van der Waals surface area contributed by atoms with Crippen LogP contribution in [0.4, 0.5) is 34.1 Å². The van der Waals surface area contributed by atoms with Crippen LogP contribution < -0.4 is 9.80 Å². The molecule has 1 atom stereocenters. The lowest BCUT2D eigenvalue weighted by Gasteiger charge is -2.33. The van der Waals surface area contributed by atoms with Crippen molar-refractivity contribution in [2.45, 2.75) is 5.41 Å². The molecular formula is C59H38N2S. The second kappa shape index (κ2) is 13.7. The van der Waals surface area contributed by atoms with Gasteiger partial charge in [-0.05, 0) is 116 Å². The summed E-state index contributed by atoms with van der Waals surface area (Å²) in [6.07, 6.45) is 0. The Bertz CT molecular complexity index is 3550. The minimum atomic E-state index is -0.554. The average molecular weight is 807 g/mol. The smallest absolute Gasteiger partial charge is 0.0727 e. The van der Waals surface area contributed by atoms with Crippen molar-refractivity contribution in [1.29, 1.82) is 0 Å². The van der Waals surface area contributed by atoms with Crippen LogP contribution in [-0.2, 0) is 5.41 Å². The summed E-state index contributed by atoms with van der Waals surface area (Å²) in [5.41, 5.74) is 16.7. The number of hydrogen-bond acceptors (Lipinski definition) is 3. The maximum Gasteiger partial charge on any atom is 0.0727 e. The first kappa shape index (κ1) is 35.1. The third kappa shape index (κ3) is 4.97. The van der Waals surface area contributed by atoms with Gasteiger partial charge in [-0.2, -0.15) is 0 Å². The van der Waals surface area contributed by atoms with Crippen LogP contribution in [0.25, 0.3) is 53.2 Å². The lowest BCUT2D eigenvalue weighted by atomic mass is 9.70. The van der Waals surface area contributed by atoms with Crippen LogP contribution in [0, 0.1) is 0 Å². The van der Waals surface area contributed by atoms with Gasteiger partial charge in [0.15, 0.2) is 0 Å². The van der Waals surface area contributed by atoms with Crippen LogP contribution in [-0.4, -0.2) is 0 Å². The Morgan fingerprint density at radius 3 is 1.68 bits per heavy atom. The van der Waals surface area contributed by atoms with E-state index in [4.69, 9.17) is 0 Å². The lowest BCUT2D eigenvalue weighted by molar-refractivity contribution is 0.793. The number of hydrogen-bond donors (Lipinski definition) is 0. The third-order valence-electron chi connectivity index (χ3n) is 13.2. The van der Waals surface area contributed by atoms with E-state index in [0.29, 0.717) is 0 Å². The molecule has 13 rings (SSSR count). The average Bonchev–Trinajstić information content (AvgIpc) is 3.97. The summed E-state index contributed by atoms with van der Waals surface area (Å²) in [4.78, 5) is 4.94. The molecule has 1 spiro atoms. The molecule has 0 radical (unpaired) electrons. The van der Waals surface area contributed by atoms with E-state index in [1.165, 1.54) is 81.1 Å². The molecule has 0 saturated heterocycles. The molecular weight excluding hydrogens is 769 g/mol. The zero-order chi connectivity index (χ0) is 40.8. The fraction of sp³-hybridized carbons (Fsp3) is 0.0169. The molecule has 0 fully saturated rings. The van der Waals surface area contributed by atoms with Gasteiger partial charge in [-0.3, -0.25) is 0 Å². The Kier molecular flexibility index (Phi) is 7.72. The van der Waals surface area contributed by atoms with Gasteiger partial charge >= 0.3 is 0 Å². The van der Waals surface area contributed by atoms with Crippen LogP contribution in [0.5, 0.6) is 0 Å². The minimum absolute atomic E-state index is 0.554. The zero-order valence-corrected chi connectivity index (χ0v) is 34.6. The van der Waals surface area contributed by atoms with Crippen LogP contribution in [0.1, 0.15) is 22.3 Å². The third-order valence-corrected chi connectivity index (χ3v) is 14.4. The summed E-state index contributed by atoms with van der Waals surface area (Å²) in [5, 5.41) is 5.04. The van der Waals surface area contributed by atoms with Gasteiger partial charge in [0, 0.05) is 43.8 Å². The summed E-state index contributed by atoms with van der Waals surface area (Å²) < 4.78 is 2.58. The van der Waals surface area contributed by atoms with Crippen LogP contribution in [0.2, 0.25) is 0 Å². The molecule has 0 amide bonds. The van der Waals surface area contributed by atoms with Crippen molar-refractivity contribution < 1.29 is 0 Å². The van der Waals surface area contributed by atoms with Gasteiger partial charge in [-0.1, -0.05) is 164 Å². The number of nitrogens with zero attached hydrogens (tertiary/aromatic N) is 2. The van der Waals surface area contributed by atoms with E-state index in [2.05, 4.69) is 240 Å². The SMILES string of the molecule is c1ccc(N(c2ccc3ccccc3c2)c2cccc3c2-c2ccccc2C32c3ccccc3-c3ccc(N(c4ccccc4)c4cccc5c4sc4ccccc45)cc32)cc1. The van der Waals surface area contributed by atoms with E-state index >= 15 is 0 Å². The fourth-order valence-electron chi connectivity index (χ4n) is 10.7. The number of anilines is 6. The summed E-state index contributed by atoms with van der Waals surface area (Å²) in [6, 6.07) is 85.3. The molecule has 290 valence electrons. The lowest BCUT2D eigenvalue weighted by Crippen LogP contribution is -2.26. The molecule has 0 N–H and O–H groups in total. The first-order chi connectivity index (χ1) is 30.8. The summed E-state index contributed by atoms with van der Waals surface area (Å²) >= 11 is 1.88. The molecule has 3 heteroatoms. The van der Waals surface area contributed by atoms with Crippen molar-refractivity contribution in [2.24, 2.45) is 0 Å². The van der Waals surface area contributed by atoms with Gasteiger partial charge in [-0.15, -0.1) is 11.3 Å². The van der Waals surface area contributed by atoms with Crippen molar-refractivity contribution in [3.8, 4) is 22.3 Å². The molecule has 2 nitrogen and oxygen atoms in total. The van der Waals surface area contributed by atoms with Crippen LogP contribution in [0.3, 0.4) is 0 Å². The first-order valence-electron chi connectivity index (χ1n) is 21.3. The second-order valence-corrected chi connectivity index (χ2v) is 17.4. The fourth-order valence-corrected chi connectivity index (χ4v) is 11.9. The highest BCUT2D eigenvalue weighted by Crippen LogP contribution is 2.65. The Balaban J connectivity index is 1.09. The van der Waals surface area contributed by atoms with Gasteiger partial charge < -0.3 is 9.80 Å². The van der Waals surface area contributed by atoms with E-state index in [-0.39, 0.29) is 0 Å². The monoisotopic (exact) mass is 806 g/mol. The molecule has 2 aliphatic carbocycles. The number of fused-ring (bicyclic) bond motifs is 14. The molecule has 10 aromatic carbocycles. The Hall–Kier alpha value is -7.72. The quantitative estimate of drug-likeness (QED) is 0.165. The summed E-state index contributed by atoms with van der Waals surface area (Å²) in [5.74, 6) is 0. The number of rotatable bonds is 6. The highest BCUT2D eigenvalue weighted by molar-refractivity contribution is 7.26. The predicted octanol–water partition coefficient (Wildman–Crippen LogP) is 16.5. The maximum atomic E-state index is 2.51. The molecule has 11 aromatic rings. The summed E-state index contributed by atoms with van der Waals surface area (Å²) in [7, 11) is 0. The van der Waals surface area contributed by atoms with Gasteiger partial charge in [-0.25, -0.2) is 0 Å². The molecule has 0 aliphatic heterocycles. The van der Waals surface area contributed by atoms with E-state index in [0.717, 1.165) is 28.4 Å². The maximum absolute atomic E-state index is 2.51. The van der Waals surface area contributed by atoms with Crippen LogP contribution in [0.15, 0.2) is 231 Å². The van der Waals surface area contributed by atoms with E-state index in [9.17, 15) is 0 Å².